The second-order valence-corrected chi connectivity index (χ2v) is 11.3. The predicted molar refractivity (Wildman–Crippen MR) is 127 cm³/mol. The minimum absolute atomic E-state index is 0.00803. The van der Waals surface area contributed by atoms with Crippen molar-refractivity contribution in [1.29, 1.82) is 5.26 Å². The number of carbonyl (C=O) groups excluding carboxylic acids is 1. The van der Waals surface area contributed by atoms with Crippen molar-refractivity contribution in [2.45, 2.75) is 49.8 Å². The molecule has 3 heterocycles. The lowest BCUT2D eigenvalue weighted by Crippen LogP contribution is -2.18. The van der Waals surface area contributed by atoms with Crippen LogP contribution in [0.15, 0.2) is 33.1 Å². The highest BCUT2D eigenvalue weighted by molar-refractivity contribution is 7.93. The molecule has 0 aromatic carbocycles. The van der Waals surface area contributed by atoms with Crippen LogP contribution in [0.3, 0.4) is 0 Å². The number of amides is 1. The van der Waals surface area contributed by atoms with Gasteiger partial charge in [-0.15, -0.1) is 15.7 Å². The molecule has 3 aromatic heterocycles. The first-order valence-corrected chi connectivity index (χ1v) is 12.8. The summed E-state index contributed by atoms with van der Waals surface area (Å²) in [6.07, 6.45) is -3.33. The van der Waals surface area contributed by atoms with E-state index in [1.807, 2.05) is 6.07 Å². The molecule has 0 spiro atoms. The topological polar surface area (TPSA) is 175 Å². The number of nitriles is 1. The maximum absolute atomic E-state index is 13.6. The number of aromatic nitrogens is 3. The molecule has 0 fully saturated rings. The van der Waals surface area contributed by atoms with E-state index in [9.17, 15) is 32.4 Å². The summed E-state index contributed by atoms with van der Waals surface area (Å²) in [5.74, 6) is -1.10. The van der Waals surface area contributed by atoms with Gasteiger partial charge in [0.05, 0.1) is 18.7 Å². The summed E-state index contributed by atoms with van der Waals surface area (Å²) >= 11 is 0.695. The van der Waals surface area contributed by atoms with Crippen molar-refractivity contribution in [3.63, 3.8) is 0 Å². The van der Waals surface area contributed by atoms with E-state index >= 15 is 0 Å². The second kappa shape index (κ2) is 10.2. The number of aliphatic hydroxyl groups is 2. The molecule has 4 N–H and O–H groups in total. The van der Waals surface area contributed by atoms with Crippen LogP contribution in [0, 0.1) is 18.3 Å². The number of hydrogen-bond donors (Lipinski definition) is 3. The number of nitrogens with zero attached hydrogens (tertiary/aromatic N) is 5. The number of hydrogen-bond acceptors (Lipinski definition) is 9. The Morgan fingerprint density at radius 3 is 2.57 bits per heavy atom. The third-order valence-electron chi connectivity index (χ3n) is 5.08. The Morgan fingerprint density at radius 2 is 2.00 bits per heavy atom. The van der Waals surface area contributed by atoms with E-state index in [0.29, 0.717) is 11.3 Å². The maximum atomic E-state index is 13.6. The molecule has 1 atom stereocenters. The van der Waals surface area contributed by atoms with Gasteiger partial charge in [0.2, 0.25) is 0 Å². The van der Waals surface area contributed by atoms with E-state index < -0.39 is 46.3 Å². The lowest BCUT2D eigenvalue weighted by atomic mass is 9.94. The van der Waals surface area contributed by atoms with Crippen LogP contribution in [0.5, 0.6) is 0 Å². The Labute approximate surface area is 214 Å². The van der Waals surface area contributed by atoms with Gasteiger partial charge in [0.25, 0.3) is 5.91 Å². The molecule has 0 radical (unpaired) electrons. The minimum Gasteiger partial charge on any atom is -0.390 e. The SMILES string of the molecule is Cc1c(C(F)(F)F)ncc(-c2ccnc(C#N)c2)c1CC(=O)N=S(N)(=O)c1sc(C(C)(C)O)nc1CO. The van der Waals surface area contributed by atoms with Gasteiger partial charge in [-0.1, -0.05) is 0 Å². The fraction of sp³-hybridized carbons (Fsp3) is 0.318. The van der Waals surface area contributed by atoms with Crippen LogP contribution < -0.4 is 5.14 Å². The zero-order valence-corrected chi connectivity index (χ0v) is 21.3. The van der Waals surface area contributed by atoms with E-state index in [-0.39, 0.29) is 42.9 Å². The molecular formula is C22H21F3N6O4S2. The highest BCUT2D eigenvalue weighted by atomic mass is 32.2. The van der Waals surface area contributed by atoms with Crippen LogP contribution in [-0.4, -0.2) is 35.3 Å². The highest BCUT2D eigenvalue weighted by Crippen LogP contribution is 2.36. The lowest BCUT2D eigenvalue weighted by Gasteiger charge is -2.16. The average Bonchev–Trinajstić information content (AvgIpc) is 3.25. The van der Waals surface area contributed by atoms with Crippen molar-refractivity contribution in [2.24, 2.45) is 9.50 Å². The Balaban J connectivity index is 2.13. The quantitative estimate of drug-likeness (QED) is 0.417. The summed E-state index contributed by atoms with van der Waals surface area (Å²) in [5, 5.41) is 34.8. The van der Waals surface area contributed by atoms with Gasteiger partial charge in [-0.05, 0) is 49.6 Å². The molecule has 1 amide bonds. The van der Waals surface area contributed by atoms with Gasteiger partial charge in [-0.2, -0.15) is 18.4 Å². The predicted octanol–water partition coefficient (Wildman–Crippen LogP) is 2.99. The van der Waals surface area contributed by atoms with Gasteiger partial charge in [0.1, 0.15) is 32.3 Å². The number of halogens is 3. The van der Waals surface area contributed by atoms with E-state index in [4.69, 9.17) is 10.4 Å². The van der Waals surface area contributed by atoms with Gasteiger partial charge < -0.3 is 10.2 Å². The fourth-order valence-electron chi connectivity index (χ4n) is 3.37. The molecule has 0 aliphatic heterocycles. The molecule has 1 unspecified atom stereocenters. The van der Waals surface area contributed by atoms with E-state index in [2.05, 4.69) is 19.3 Å². The largest absolute Gasteiger partial charge is 0.433 e. The monoisotopic (exact) mass is 554 g/mol. The minimum atomic E-state index is -4.82. The zero-order chi connectivity index (χ0) is 27.8. The van der Waals surface area contributed by atoms with Crippen LogP contribution in [0.25, 0.3) is 11.1 Å². The fourth-order valence-corrected chi connectivity index (χ4v) is 5.91. The normalized spacial score (nSPS) is 13.6. The molecule has 3 aromatic rings. The highest BCUT2D eigenvalue weighted by Gasteiger charge is 2.36. The smallest absolute Gasteiger partial charge is 0.390 e. The van der Waals surface area contributed by atoms with Crippen molar-refractivity contribution < 1.29 is 32.4 Å². The number of thiazole rings is 1. The summed E-state index contributed by atoms with van der Waals surface area (Å²) in [7, 11) is -3.98. The van der Waals surface area contributed by atoms with Crippen molar-refractivity contribution in [1.82, 2.24) is 15.0 Å². The summed E-state index contributed by atoms with van der Waals surface area (Å²) in [5.41, 5.74) is -2.89. The molecule has 15 heteroatoms. The Morgan fingerprint density at radius 1 is 1.32 bits per heavy atom. The lowest BCUT2D eigenvalue weighted by molar-refractivity contribution is -0.141. The third-order valence-corrected chi connectivity index (χ3v) is 8.49. The number of nitrogens with two attached hydrogens (primary N) is 1. The Kier molecular flexibility index (Phi) is 7.82. The molecule has 196 valence electrons. The van der Waals surface area contributed by atoms with Crippen molar-refractivity contribution in [2.75, 3.05) is 0 Å². The third kappa shape index (κ3) is 6.17. The summed E-state index contributed by atoms with van der Waals surface area (Å²) in [6, 6.07) is 4.58. The number of aliphatic hydroxyl groups excluding tert-OH is 1. The molecule has 0 saturated carbocycles. The molecular weight excluding hydrogens is 533 g/mol. The van der Waals surface area contributed by atoms with E-state index in [1.54, 1.807) is 0 Å². The van der Waals surface area contributed by atoms with Gasteiger partial charge >= 0.3 is 6.18 Å². The standard InChI is InChI=1S/C22H21F3N6O4S2/c1-11-14(15(9-29-18(11)22(23,24)25)12-4-5-28-13(6-12)8-26)7-17(33)31-37(27,35)19-16(10-32)30-20(36-19)21(2,3)34/h4-6,9,32,34H,7,10H2,1-3H3,(H2,27,31,33,35). The Hall–Kier alpha value is -3.29. The van der Waals surface area contributed by atoms with Crippen LogP contribution >= 0.6 is 11.3 Å². The van der Waals surface area contributed by atoms with Crippen LogP contribution in [-0.2, 0) is 39.5 Å². The number of carbonyl (C=O) groups is 1. The average molecular weight is 555 g/mol. The van der Waals surface area contributed by atoms with Crippen LogP contribution in [0.1, 0.15) is 47.1 Å². The van der Waals surface area contributed by atoms with Crippen LogP contribution in [0.2, 0.25) is 0 Å². The van der Waals surface area contributed by atoms with Crippen LogP contribution in [0.4, 0.5) is 13.2 Å². The summed E-state index contributed by atoms with van der Waals surface area (Å²) < 4.78 is 57.2. The van der Waals surface area contributed by atoms with Gasteiger partial charge in [-0.3, -0.25) is 9.78 Å². The molecule has 0 bridgehead atoms. The summed E-state index contributed by atoms with van der Waals surface area (Å²) in [6.45, 7) is 3.24. The zero-order valence-electron chi connectivity index (χ0n) is 19.7. The molecule has 10 nitrogen and oxygen atoms in total. The summed E-state index contributed by atoms with van der Waals surface area (Å²) in [4.78, 5) is 24.2. The van der Waals surface area contributed by atoms with Crippen molar-refractivity contribution in [3.05, 3.63) is 57.7 Å². The first kappa shape index (κ1) is 28.3. The molecule has 37 heavy (non-hydrogen) atoms. The first-order valence-electron chi connectivity index (χ1n) is 10.4. The number of alkyl halides is 3. The van der Waals surface area contributed by atoms with Gasteiger partial charge in [0.15, 0.2) is 9.92 Å². The number of pyridine rings is 2. The van der Waals surface area contributed by atoms with Gasteiger partial charge in [-0.25, -0.2) is 19.3 Å². The molecule has 0 aliphatic carbocycles. The molecule has 3 rings (SSSR count). The molecule has 0 aliphatic rings. The van der Waals surface area contributed by atoms with Crippen molar-refractivity contribution >= 4 is 27.2 Å². The maximum Gasteiger partial charge on any atom is 0.433 e. The Bertz CT molecular complexity index is 1530. The van der Waals surface area contributed by atoms with Crippen molar-refractivity contribution in [3.8, 4) is 17.2 Å². The first-order chi connectivity index (χ1) is 17.1. The van der Waals surface area contributed by atoms with Gasteiger partial charge in [0, 0.05) is 18.0 Å². The second-order valence-electron chi connectivity index (χ2n) is 8.36. The van der Waals surface area contributed by atoms with E-state index in [0.717, 1.165) is 13.1 Å². The number of rotatable bonds is 6. The molecule has 0 saturated heterocycles. The van der Waals surface area contributed by atoms with E-state index in [1.165, 1.54) is 32.2 Å².